The standard InChI is InChI=1S/C19H24ClFN2O2/c1-2-22-19(25)18(24)5-3-4-14-8-10-23(11-9-14)13-15-6-7-17(21)16(20)12-15/h2,6-7,12,14H,1,3-5,8-11,13H2,(H,22,25). The number of amides is 1. The molecule has 6 heteroatoms. The monoisotopic (exact) mass is 366 g/mol. The third kappa shape index (κ3) is 6.25. The summed E-state index contributed by atoms with van der Waals surface area (Å²) >= 11 is 5.82. The number of piperidine rings is 1. The molecule has 4 nitrogen and oxygen atoms in total. The van der Waals surface area contributed by atoms with Crippen molar-refractivity contribution in [1.29, 1.82) is 0 Å². The first-order valence-corrected chi connectivity index (χ1v) is 8.98. The van der Waals surface area contributed by atoms with Crippen LogP contribution in [0.4, 0.5) is 4.39 Å². The van der Waals surface area contributed by atoms with Gasteiger partial charge in [0.2, 0.25) is 5.78 Å². The molecule has 0 bridgehead atoms. The number of hydrogen-bond acceptors (Lipinski definition) is 3. The molecule has 1 aromatic rings. The Labute approximate surface area is 153 Å². The molecule has 2 rings (SSSR count). The normalized spacial score (nSPS) is 15.8. The fourth-order valence-corrected chi connectivity index (χ4v) is 3.37. The van der Waals surface area contributed by atoms with Gasteiger partial charge < -0.3 is 5.32 Å². The second-order valence-corrected chi connectivity index (χ2v) is 6.87. The summed E-state index contributed by atoms with van der Waals surface area (Å²) in [5.74, 6) is -0.767. The van der Waals surface area contributed by atoms with Crippen LogP contribution in [0.2, 0.25) is 5.02 Å². The summed E-state index contributed by atoms with van der Waals surface area (Å²) < 4.78 is 13.2. The molecular weight excluding hydrogens is 343 g/mol. The highest BCUT2D eigenvalue weighted by atomic mass is 35.5. The molecule has 1 aromatic carbocycles. The molecule has 0 aromatic heterocycles. The molecule has 0 radical (unpaired) electrons. The van der Waals surface area contributed by atoms with Gasteiger partial charge in [-0.15, -0.1) is 0 Å². The summed E-state index contributed by atoms with van der Waals surface area (Å²) in [4.78, 5) is 25.2. The number of carbonyl (C=O) groups excluding carboxylic acids is 2. The maximum absolute atomic E-state index is 13.2. The van der Waals surface area contributed by atoms with E-state index in [2.05, 4.69) is 16.8 Å². The van der Waals surface area contributed by atoms with Gasteiger partial charge in [-0.2, -0.15) is 0 Å². The van der Waals surface area contributed by atoms with Crippen LogP contribution < -0.4 is 5.32 Å². The molecule has 1 N–H and O–H groups in total. The van der Waals surface area contributed by atoms with Crippen molar-refractivity contribution in [2.24, 2.45) is 5.92 Å². The quantitative estimate of drug-likeness (QED) is 0.714. The predicted molar refractivity (Wildman–Crippen MR) is 96.6 cm³/mol. The fraction of sp³-hybridized carbons (Fsp3) is 0.474. The van der Waals surface area contributed by atoms with Crippen molar-refractivity contribution in [3.8, 4) is 0 Å². The summed E-state index contributed by atoms with van der Waals surface area (Å²) in [6.07, 6.45) is 5.35. The zero-order valence-electron chi connectivity index (χ0n) is 14.3. The van der Waals surface area contributed by atoms with Gasteiger partial charge in [-0.05, 0) is 68.6 Å². The van der Waals surface area contributed by atoms with Crippen LogP contribution in [0.3, 0.4) is 0 Å². The molecule has 25 heavy (non-hydrogen) atoms. The Morgan fingerprint density at radius 2 is 2.08 bits per heavy atom. The number of halogens is 2. The Morgan fingerprint density at radius 1 is 1.36 bits per heavy atom. The van der Waals surface area contributed by atoms with Crippen molar-refractivity contribution in [1.82, 2.24) is 10.2 Å². The molecule has 136 valence electrons. The second-order valence-electron chi connectivity index (χ2n) is 6.46. The zero-order chi connectivity index (χ0) is 18.2. The summed E-state index contributed by atoms with van der Waals surface area (Å²) in [6, 6.07) is 4.86. The summed E-state index contributed by atoms with van der Waals surface area (Å²) in [5.41, 5.74) is 1.02. The second kappa shape index (κ2) is 9.68. The number of ketones is 1. The van der Waals surface area contributed by atoms with E-state index in [0.717, 1.165) is 50.9 Å². The minimum atomic E-state index is -0.581. The van der Waals surface area contributed by atoms with Gasteiger partial charge in [0.1, 0.15) is 5.82 Å². The molecule has 0 unspecified atom stereocenters. The average Bonchev–Trinajstić information content (AvgIpc) is 2.60. The van der Waals surface area contributed by atoms with Crippen molar-refractivity contribution >= 4 is 23.3 Å². The van der Waals surface area contributed by atoms with Crippen LogP contribution in [0.5, 0.6) is 0 Å². The number of nitrogens with zero attached hydrogens (tertiary/aromatic N) is 1. The lowest BCUT2D eigenvalue weighted by atomic mass is 9.91. The van der Waals surface area contributed by atoms with Crippen LogP contribution in [0, 0.1) is 11.7 Å². The van der Waals surface area contributed by atoms with E-state index in [-0.39, 0.29) is 23.0 Å². The van der Waals surface area contributed by atoms with Crippen molar-refractivity contribution in [3.05, 3.63) is 47.4 Å². The molecule has 1 aliphatic rings. The van der Waals surface area contributed by atoms with Crippen molar-refractivity contribution < 1.29 is 14.0 Å². The predicted octanol–water partition coefficient (Wildman–Crippen LogP) is 3.69. The molecule has 0 spiro atoms. The average molecular weight is 367 g/mol. The third-order valence-corrected chi connectivity index (χ3v) is 4.89. The third-order valence-electron chi connectivity index (χ3n) is 4.60. The van der Waals surface area contributed by atoms with Crippen LogP contribution in [0.1, 0.15) is 37.7 Å². The summed E-state index contributed by atoms with van der Waals surface area (Å²) in [7, 11) is 0. The lowest BCUT2D eigenvalue weighted by Gasteiger charge is -2.32. The van der Waals surface area contributed by atoms with E-state index < -0.39 is 5.91 Å². The van der Waals surface area contributed by atoms with Gasteiger partial charge in [0.15, 0.2) is 0 Å². The van der Waals surface area contributed by atoms with Crippen LogP contribution >= 0.6 is 11.6 Å². The van der Waals surface area contributed by atoms with E-state index in [1.165, 1.54) is 12.3 Å². The van der Waals surface area contributed by atoms with Gasteiger partial charge in [0, 0.05) is 13.0 Å². The molecular formula is C19H24ClFN2O2. The van der Waals surface area contributed by atoms with Gasteiger partial charge >= 0.3 is 0 Å². The SMILES string of the molecule is C=CNC(=O)C(=O)CCCC1CCN(Cc2ccc(F)c(Cl)c2)CC1. The maximum Gasteiger partial charge on any atom is 0.291 e. The highest BCUT2D eigenvalue weighted by Crippen LogP contribution is 2.24. The van der Waals surface area contributed by atoms with E-state index in [1.807, 2.05) is 0 Å². The first-order valence-electron chi connectivity index (χ1n) is 8.60. The lowest BCUT2D eigenvalue weighted by Crippen LogP contribution is -2.33. The van der Waals surface area contributed by atoms with Gasteiger partial charge in [-0.1, -0.05) is 24.2 Å². The molecule has 1 amide bonds. The van der Waals surface area contributed by atoms with Crippen LogP contribution in [-0.4, -0.2) is 29.7 Å². The number of carbonyl (C=O) groups is 2. The fourth-order valence-electron chi connectivity index (χ4n) is 3.17. The summed E-state index contributed by atoms with van der Waals surface area (Å²) in [5, 5.41) is 2.47. The van der Waals surface area contributed by atoms with Gasteiger partial charge in [0.05, 0.1) is 5.02 Å². The van der Waals surface area contributed by atoms with E-state index in [1.54, 1.807) is 12.1 Å². The van der Waals surface area contributed by atoms with E-state index in [0.29, 0.717) is 5.92 Å². The Kier molecular flexibility index (Phi) is 7.59. The van der Waals surface area contributed by atoms with Crippen LogP contribution in [0.15, 0.2) is 31.0 Å². The Balaban J connectivity index is 1.67. The lowest BCUT2D eigenvalue weighted by molar-refractivity contribution is -0.137. The smallest absolute Gasteiger partial charge is 0.291 e. The molecule has 0 aliphatic carbocycles. The van der Waals surface area contributed by atoms with Gasteiger partial charge in [-0.3, -0.25) is 14.5 Å². The van der Waals surface area contributed by atoms with E-state index >= 15 is 0 Å². The Bertz CT molecular complexity index is 628. The van der Waals surface area contributed by atoms with Crippen molar-refractivity contribution in [3.63, 3.8) is 0 Å². The number of hydrogen-bond donors (Lipinski definition) is 1. The zero-order valence-corrected chi connectivity index (χ0v) is 15.0. The minimum absolute atomic E-state index is 0.164. The van der Waals surface area contributed by atoms with Crippen LogP contribution in [-0.2, 0) is 16.1 Å². The number of nitrogens with one attached hydrogen (secondary N) is 1. The highest BCUT2D eigenvalue weighted by molar-refractivity contribution is 6.36. The number of benzene rings is 1. The van der Waals surface area contributed by atoms with E-state index in [9.17, 15) is 14.0 Å². The molecule has 1 aliphatic heterocycles. The number of likely N-dealkylation sites (tertiary alicyclic amines) is 1. The highest BCUT2D eigenvalue weighted by Gasteiger charge is 2.20. The molecule has 0 saturated carbocycles. The number of Topliss-reactive ketones (excluding diaryl/α,β-unsaturated/α-hetero) is 1. The molecule has 1 heterocycles. The van der Waals surface area contributed by atoms with E-state index in [4.69, 9.17) is 11.6 Å². The van der Waals surface area contributed by atoms with Gasteiger partial charge in [0.25, 0.3) is 5.91 Å². The Hall–Kier alpha value is -1.72. The van der Waals surface area contributed by atoms with Crippen LogP contribution in [0.25, 0.3) is 0 Å². The maximum atomic E-state index is 13.2. The molecule has 0 atom stereocenters. The molecule has 1 saturated heterocycles. The van der Waals surface area contributed by atoms with Gasteiger partial charge in [-0.25, -0.2) is 4.39 Å². The largest absolute Gasteiger partial charge is 0.327 e. The Morgan fingerprint density at radius 3 is 2.72 bits per heavy atom. The topological polar surface area (TPSA) is 49.4 Å². The minimum Gasteiger partial charge on any atom is -0.327 e. The number of rotatable bonds is 8. The molecule has 1 fully saturated rings. The van der Waals surface area contributed by atoms with Crippen molar-refractivity contribution in [2.75, 3.05) is 13.1 Å². The first kappa shape index (κ1) is 19.6. The van der Waals surface area contributed by atoms with Crippen molar-refractivity contribution in [2.45, 2.75) is 38.6 Å². The first-order chi connectivity index (χ1) is 12.0. The summed E-state index contributed by atoms with van der Waals surface area (Å²) in [6.45, 7) is 6.09.